The number of likely N-dealkylation sites (tertiary alicyclic amines) is 1. The molecule has 0 radical (unpaired) electrons. The van der Waals surface area contributed by atoms with Crippen LogP contribution in [-0.2, 0) is 4.79 Å². The van der Waals surface area contributed by atoms with Crippen molar-refractivity contribution in [1.82, 2.24) is 4.90 Å². The molecule has 1 aliphatic rings. The predicted molar refractivity (Wildman–Crippen MR) is 53.6 cm³/mol. The largest absolute Gasteiger partial charge is 0.389 e. The van der Waals surface area contributed by atoms with Crippen molar-refractivity contribution in [2.45, 2.75) is 38.4 Å². The van der Waals surface area contributed by atoms with Gasteiger partial charge in [-0.25, -0.2) is 0 Å². The lowest BCUT2D eigenvalue weighted by molar-refractivity contribution is -0.150. The first-order valence-corrected chi connectivity index (χ1v) is 5.39. The van der Waals surface area contributed by atoms with Crippen molar-refractivity contribution >= 4 is 5.91 Å². The summed E-state index contributed by atoms with van der Waals surface area (Å²) in [6.07, 6.45) is -5.08. The van der Waals surface area contributed by atoms with Crippen molar-refractivity contribution in [3.63, 3.8) is 0 Å². The maximum atomic E-state index is 11.9. The molecule has 2 unspecified atom stereocenters. The third-order valence-corrected chi connectivity index (χ3v) is 2.95. The molecule has 2 atom stereocenters. The molecular weight excluding hydrogens is 221 g/mol. The number of halogens is 3. The van der Waals surface area contributed by atoms with Crippen molar-refractivity contribution < 1.29 is 18.0 Å². The third kappa shape index (κ3) is 4.00. The van der Waals surface area contributed by atoms with Crippen molar-refractivity contribution in [3.8, 4) is 0 Å². The molecule has 1 fully saturated rings. The lowest BCUT2D eigenvalue weighted by Crippen LogP contribution is -2.48. The smallest absolute Gasteiger partial charge is 0.342 e. The molecule has 0 saturated carbocycles. The Morgan fingerprint density at radius 2 is 2.12 bits per heavy atom. The van der Waals surface area contributed by atoms with E-state index in [1.165, 1.54) is 4.90 Å². The van der Waals surface area contributed by atoms with Crippen LogP contribution >= 0.6 is 0 Å². The molecule has 0 aliphatic carbocycles. The second-order valence-corrected chi connectivity index (χ2v) is 4.38. The fraction of sp³-hybridized carbons (Fsp3) is 0.900. The number of hydrogen-bond acceptors (Lipinski definition) is 2. The topological polar surface area (TPSA) is 46.3 Å². The summed E-state index contributed by atoms with van der Waals surface area (Å²) in [5, 5.41) is 0. The van der Waals surface area contributed by atoms with Crippen LogP contribution in [0.3, 0.4) is 0 Å². The molecule has 0 bridgehead atoms. The van der Waals surface area contributed by atoms with Gasteiger partial charge in [-0.1, -0.05) is 6.92 Å². The number of nitrogens with zero attached hydrogens (tertiary/aromatic N) is 1. The van der Waals surface area contributed by atoms with Crippen molar-refractivity contribution in [3.05, 3.63) is 0 Å². The normalized spacial score (nSPS) is 26.9. The number of piperidine rings is 1. The second kappa shape index (κ2) is 5.03. The number of carbonyl (C=O) groups is 1. The fourth-order valence-corrected chi connectivity index (χ4v) is 1.80. The minimum atomic E-state index is -4.26. The van der Waals surface area contributed by atoms with Crippen LogP contribution in [0.5, 0.6) is 0 Å². The Hall–Kier alpha value is -0.780. The van der Waals surface area contributed by atoms with E-state index < -0.39 is 24.9 Å². The summed E-state index contributed by atoms with van der Waals surface area (Å²) >= 11 is 0. The Balaban J connectivity index is 2.38. The lowest BCUT2D eigenvalue weighted by Gasteiger charge is -2.35. The van der Waals surface area contributed by atoms with E-state index in [2.05, 4.69) is 0 Å². The van der Waals surface area contributed by atoms with Gasteiger partial charge in [-0.3, -0.25) is 4.79 Å². The summed E-state index contributed by atoms with van der Waals surface area (Å²) in [4.78, 5) is 13.0. The van der Waals surface area contributed by atoms with E-state index in [0.29, 0.717) is 19.5 Å². The summed E-state index contributed by atoms with van der Waals surface area (Å²) < 4.78 is 35.8. The van der Waals surface area contributed by atoms with E-state index in [9.17, 15) is 18.0 Å². The van der Waals surface area contributed by atoms with Gasteiger partial charge in [0, 0.05) is 25.6 Å². The average Bonchev–Trinajstić information content (AvgIpc) is 2.17. The van der Waals surface area contributed by atoms with Gasteiger partial charge in [-0.05, 0) is 12.3 Å². The Morgan fingerprint density at radius 3 is 2.62 bits per heavy atom. The van der Waals surface area contributed by atoms with Crippen molar-refractivity contribution in [2.75, 3.05) is 13.1 Å². The summed E-state index contributed by atoms with van der Waals surface area (Å²) in [5.74, 6) is -0.264. The van der Waals surface area contributed by atoms with Crippen molar-refractivity contribution in [1.29, 1.82) is 0 Å². The number of alkyl halides is 3. The summed E-state index contributed by atoms with van der Waals surface area (Å²) in [6, 6.07) is 0.0478. The van der Waals surface area contributed by atoms with Crippen molar-refractivity contribution in [2.24, 2.45) is 11.7 Å². The first-order valence-electron chi connectivity index (χ1n) is 5.39. The molecule has 16 heavy (non-hydrogen) atoms. The van der Waals surface area contributed by atoms with Crippen LogP contribution in [0.2, 0.25) is 0 Å². The zero-order chi connectivity index (χ0) is 12.3. The van der Waals surface area contributed by atoms with Crippen LogP contribution in [0.1, 0.15) is 26.2 Å². The van der Waals surface area contributed by atoms with E-state index in [1.807, 2.05) is 6.92 Å². The number of nitrogens with two attached hydrogens (primary N) is 1. The molecule has 1 heterocycles. The Labute approximate surface area is 92.8 Å². The van der Waals surface area contributed by atoms with Crippen LogP contribution in [0.25, 0.3) is 0 Å². The van der Waals surface area contributed by atoms with Gasteiger partial charge in [0.05, 0.1) is 6.42 Å². The van der Waals surface area contributed by atoms with Gasteiger partial charge in [0.25, 0.3) is 0 Å². The second-order valence-electron chi connectivity index (χ2n) is 4.38. The molecule has 1 rings (SSSR count). The van der Waals surface area contributed by atoms with Gasteiger partial charge in [0.15, 0.2) is 0 Å². The molecule has 0 aromatic rings. The van der Waals surface area contributed by atoms with Crippen LogP contribution in [0.4, 0.5) is 13.2 Å². The maximum Gasteiger partial charge on any atom is 0.389 e. The Bertz CT molecular complexity index is 255. The number of carbonyl (C=O) groups excluding carboxylic acids is 1. The quantitative estimate of drug-likeness (QED) is 0.793. The third-order valence-electron chi connectivity index (χ3n) is 2.95. The summed E-state index contributed by atoms with van der Waals surface area (Å²) in [5.41, 5.74) is 5.77. The minimum absolute atomic E-state index is 0.0478. The first-order chi connectivity index (χ1) is 7.29. The summed E-state index contributed by atoms with van der Waals surface area (Å²) in [7, 11) is 0. The molecule has 1 amide bonds. The van der Waals surface area contributed by atoms with E-state index in [4.69, 9.17) is 5.73 Å². The van der Waals surface area contributed by atoms with Gasteiger partial charge < -0.3 is 10.6 Å². The Morgan fingerprint density at radius 1 is 1.50 bits per heavy atom. The van der Waals surface area contributed by atoms with E-state index in [1.54, 1.807) is 0 Å². The molecule has 0 aromatic heterocycles. The molecule has 3 nitrogen and oxygen atoms in total. The predicted octanol–water partition coefficient (Wildman–Crippen LogP) is 1.52. The highest BCUT2D eigenvalue weighted by Gasteiger charge is 2.31. The van der Waals surface area contributed by atoms with Crippen LogP contribution in [-0.4, -0.2) is 36.1 Å². The first kappa shape index (κ1) is 13.3. The molecule has 94 valence electrons. The molecule has 2 N–H and O–H groups in total. The van der Waals surface area contributed by atoms with Gasteiger partial charge >= 0.3 is 6.18 Å². The monoisotopic (exact) mass is 238 g/mol. The molecule has 1 saturated heterocycles. The molecule has 1 aliphatic heterocycles. The molecular formula is C10H17F3N2O. The SMILES string of the molecule is CC1CN(C(=O)CCC(F)(F)F)CCC1N. The van der Waals surface area contributed by atoms with Crippen LogP contribution < -0.4 is 5.73 Å². The van der Waals surface area contributed by atoms with E-state index in [0.717, 1.165) is 0 Å². The Kier molecular flexibility index (Phi) is 4.18. The van der Waals surface area contributed by atoms with E-state index in [-0.39, 0.29) is 12.0 Å². The van der Waals surface area contributed by atoms with Gasteiger partial charge in [0.1, 0.15) is 0 Å². The minimum Gasteiger partial charge on any atom is -0.342 e. The van der Waals surface area contributed by atoms with E-state index >= 15 is 0 Å². The lowest BCUT2D eigenvalue weighted by atomic mass is 9.94. The maximum absolute atomic E-state index is 11.9. The van der Waals surface area contributed by atoms with Gasteiger partial charge in [-0.15, -0.1) is 0 Å². The number of rotatable bonds is 2. The highest BCUT2D eigenvalue weighted by molar-refractivity contribution is 5.76. The molecule has 6 heteroatoms. The van der Waals surface area contributed by atoms with Crippen LogP contribution in [0.15, 0.2) is 0 Å². The van der Waals surface area contributed by atoms with Gasteiger partial charge in [-0.2, -0.15) is 13.2 Å². The number of amides is 1. The zero-order valence-electron chi connectivity index (χ0n) is 9.26. The summed E-state index contributed by atoms with van der Waals surface area (Å²) in [6.45, 7) is 2.86. The van der Waals surface area contributed by atoms with Crippen LogP contribution in [0, 0.1) is 5.92 Å². The zero-order valence-corrected chi connectivity index (χ0v) is 9.26. The highest BCUT2D eigenvalue weighted by atomic mass is 19.4. The highest BCUT2D eigenvalue weighted by Crippen LogP contribution is 2.23. The standard InChI is InChI=1S/C10H17F3N2O/c1-7-6-15(5-3-8(7)14)9(16)2-4-10(11,12)13/h7-8H,2-6,14H2,1H3. The molecule has 0 spiro atoms. The fourth-order valence-electron chi connectivity index (χ4n) is 1.80. The average molecular weight is 238 g/mol. The van der Waals surface area contributed by atoms with Gasteiger partial charge in [0.2, 0.25) is 5.91 Å². The molecule has 0 aromatic carbocycles. The number of hydrogen-bond donors (Lipinski definition) is 1.